The van der Waals surface area contributed by atoms with E-state index in [1.165, 1.54) is 0 Å². The number of nitrogens with one attached hydrogen (secondary N) is 3. The van der Waals surface area contributed by atoms with Gasteiger partial charge in [0.15, 0.2) is 0 Å². The van der Waals surface area contributed by atoms with Crippen molar-refractivity contribution in [2.45, 2.75) is 6.92 Å². The smallest absolute Gasteiger partial charge is 0.342 e. The van der Waals surface area contributed by atoms with Crippen LogP contribution in [0.5, 0.6) is 0 Å². The number of aromatic amines is 1. The van der Waals surface area contributed by atoms with Crippen LogP contribution < -0.4 is 21.9 Å². The summed E-state index contributed by atoms with van der Waals surface area (Å²) in [5.41, 5.74) is 5.44. The van der Waals surface area contributed by atoms with Crippen molar-refractivity contribution >= 4 is 58.3 Å². The van der Waals surface area contributed by atoms with Gasteiger partial charge in [0.2, 0.25) is 0 Å². The first-order chi connectivity index (χ1) is 17.2. The lowest BCUT2D eigenvalue weighted by Gasteiger charge is -2.09. The number of hydrogen-bond acceptors (Lipinski definition) is 6. The van der Waals surface area contributed by atoms with Crippen LogP contribution in [0.1, 0.15) is 27.6 Å². The summed E-state index contributed by atoms with van der Waals surface area (Å²) in [6, 6.07) is 13.9. The van der Waals surface area contributed by atoms with Crippen LogP contribution >= 0.6 is 23.2 Å². The molecule has 0 radical (unpaired) electrons. The first kappa shape index (κ1) is 24.8. The second-order valence-corrected chi connectivity index (χ2v) is 8.24. The normalized spacial score (nSPS) is 10.8. The molecule has 184 valence electrons. The summed E-state index contributed by atoms with van der Waals surface area (Å²) in [4.78, 5) is 54.1. The van der Waals surface area contributed by atoms with Gasteiger partial charge in [-0.2, -0.15) is 0 Å². The van der Waals surface area contributed by atoms with Crippen molar-refractivity contribution in [1.29, 1.82) is 0 Å². The van der Waals surface area contributed by atoms with Crippen LogP contribution in [0, 0.1) is 0 Å². The third-order valence-corrected chi connectivity index (χ3v) is 5.76. The molecular weight excluding hydrogens is 509 g/mol. The number of ether oxygens (including phenoxy) is 1. The van der Waals surface area contributed by atoms with E-state index < -0.39 is 29.0 Å². The topological polar surface area (TPSA) is 148 Å². The number of carbonyl (C=O) groups is 3. The molecule has 4 aromatic rings. The number of halogens is 2. The number of imide groups is 1. The molecule has 2 aromatic heterocycles. The van der Waals surface area contributed by atoms with E-state index in [9.17, 15) is 19.2 Å². The van der Waals surface area contributed by atoms with Crippen LogP contribution in [0.2, 0.25) is 10.2 Å². The molecule has 0 bridgehead atoms. The molecule has 5 N–H and O–H groups in total. The number of fused-ring (bicyclic) bond motifs is 1. The predicted octanol–water partition coefficient (Wildman–Crippen LogP) is 4.32. The Morgan fingerprint density at radius 1 is 1.03 bits per heavy atom. The van der Waals surface area contributed by atoms with Crippen LogP contribution in [0.3, 0.4) is 0 Å². The van der Waals surface area contributed by atoms with Gasteiger partial charge in [-0.3, -0.25) is 14.9 Å². The van der Waals surface area contributed by atoms with Gasteiger partial charge in [-0.25, -0.2) is 14.0 Å². The van der Waals surface area contributed by atoms with Gasteiger partial charge in [0, 0.05) is 16.3 Å². The quantitative estimate of drug-likeness (QED) is 0.284. The molecule has 0 unspecified atom stereocenters. The van der Waals surface area contributed by atoms with Crippen molar-refractivity contribution in [2.24, 2.45) is 0 Å². The Kier molecular flexibility index (Phi) is 7.00. The lowest BCUT2D eigenvalue weighted by molar-refractivity contribution is 0.0529. The maximum atomic E-state index is 13.4. The molecule has 0 saturated carbocycles. The number of esters is 1. The van der Waals surface area contributed by atoms with Gasteiger partial charge in [-0.15, -0.1) is 0 Å². The minimum Gasteiger partial charge on any atom is -0.462 e. The number of para-hydroxylation sites is 1. The van der Waals surface area contributed by atoms with Gasteiger partial charge in [0.1, 0.15) is 27.7 Å². The third-order valence-electron chi connectivity index (χ3n) is 5.15. The zero-order valence-corrected chi connectivity index (χ0v) is 20.2. The SMILES string of the molecule is CCOC(=O)c1c(-c2ccc(Cl)cc2)c(Cl)n2c(=O)c(C(=O)NC(=O)Nc3ccccc3)c(N)[nH]c12. The minimum atomic E-state index is -1.07. The zero-order chi connectivity index (χ0) is 26.0. The van der Waals surface area contributed by atoms with Crippen molar-refractivity contribution < 1.29 is 19.1 Å². The number of nitrogens with zero attached hydrogens (tertiary/aromatic N) is 1. The Morgan fingerprint density at radius 3 is 2.33 bits per heavy atom. The predicted molar refractivity (Wildman–Crippen MR) is 137 cm³/mol. The van der Waals surface area contributed by atoms with Crippen LogP contribution in [0.15, 0.2) is 59.4 Å². The fraction of sp³-hybridized carbons (Fsp3) is 0.0833. The van der Waals surface area contributed by atoms with E-state index in [0.29, 0.717) is 16.3 Å². The number of nitrogens with two attached hydrogens (primary N) is 1. The van der Waals surface area contributed by atoms with Gasteiger partial charge in [-0.05, 0) is 36.8 Å². The summed E-state index contributed by atoms with van der Waals surface area (Å²) in [5, 5.41) is 4.81. The average Bonchev–Trinajstić information content (AvgIpc) is 3.12. The van der Waals surface area contributed by atoms with Crippen molar-refractivity contribution in [3.63, 3.8) is 0 Å². The van der Waals surface area contributed by atoms with Crippen LogP contribution in [0.25, 0.3) is 16.8 Å². The standard InChI is InChI=1S/C24H19Cl2N5O5/c1-2-36-23(34)16-15(12-8-10-13(25)11-9-12)18(26)31-20(16)29-19(27)17(22(31)33)21(32)30-24(35)28-14-6-4-3-5-7-14/h3-11,29H,2,27H2,1H3,(H2,28,30,32,35). The van der Waals surface area contributed by atoms with Crippen molar-refractivity contribution in [3.05, 3.63) is 86.3 Å². The molecule has 2 aromatic carbocycles. The van der Waals surface area contributed by atoms with Gasteiger partial charge in [0.25, 0.3) is 11.5 Å². The Hall–Kier alpha value is -4.28. The Bertz CT molecular complexity index is 1550. The van der Waals surface area contributed by atoms with E-state index in [1.807, 2.05) is 0 Å². The highest BCUT2D eigenvalue weighted by atomic mass is 35.5. The molecular formula is C24H19Cl2N5O5. The second kappa shape index (κ2) is 10.1. The first-order valence-electron chi connectivity index (χ1n) is 10.6. The Labute approximate surface area is 214 Å². The molecule has 0 aliphatic carbocycles. The number of nitrogen functional groups attached to an aromatic ring is 1. The molecule has 36 heavy (non-hydrogen) atoms. The van der Waals surface area contributed by atoms with Crippen LogP contribution in [0.4, 0.5) is 16.3 Å². The average molecular weight is 528 g/mol. The number of anilines is 2. The summed E-state index contributed by atoms with van der Waals surface area (Å²) in [5.74, 6) is -2.21. The molecule has 3 amide bonds. The molecule has 0 saturated heterocycles. The number of hydrogen-bond donors (Lipinski definition) is 4. The summed E-state index contributed by atoms with van der Waals surface area (Å²) >= 11 is 12.6. The fourth-order valence-electron chi connectivity index (χ4n) is 3.62. The number of aromatic nitrogens is 2. The monoisotopic (exact) mass is 527 g/mol. The number of rotatable bonds is 5. The second-order valence-electron chi connectivity index (χ2n) is 7.45. The van der Waals surface area contributed by atoms with E-state index >= 15 is 0 Å². The maximum Gasteiger partial charge on any atom is 0.342 e. The maximum absolute atomic E-state index is 13.4. The highest BCUT2D eigenvalue weighted by Crippen LogP contribution is 2.36. The summed E-state index contributed by atoms with van der Waals surface area (Å²) in [6.45, 7) is 1.68. The molecule has 0 fully saturated rings. The van der Waals surface area contributed by atoms with Gasteiger partial charge in [0.05, 0.1) is 6.61 Å². The Balaban J connectivity index is 1.83. The van der Waals surface area contributed by atoms with E-state index in [0.717, 1.165) is 4.40 Å². The molecule has 4 rings (SSSR count). The summed E-state index contributed by atoms with van der Waals surface area (Å²) < 4.78 is 6.10. The first-order valence-corrected chi connectivity index (χ1v) is 11.3. The summed E-state index contributed by atoms with van der Waals surface area (Å²) in [6.07, 6.45) is 0. The highest BCUT2D eigenvalue weighted by Gasteiger charge is 2.30. The van der Waals surface area contributed by atoms with Crippen LogP contribution in [-0.4, -0.2) is 33.9 Å². The van der Waals surface area contributed by atoms with Gasteiger partial charge >= 0.3 is 12.0 Å². The molecule has 12 heteroatoms. The lowest BCUT2D eigenvalue weighted by atomic mass is 10.0. The number of H-pyrrole nitrogens is 1. The summed E-state index contributed by atoms with van der Waals surface area (Å²) in [7, 11) is 0. The van der Waals surface area contributed by atoms with E-state index in [2.05, 4.69) is 15.6 Å². The number of benzene rings is 2. The number of urea groups is 1. The molecule has 10 nitrogen and oxygen atoms in total. The number of carbonyl (C=O) groups excluding carboxylic acids is 3. The Morgan fingerprint density at radius 2 is 1.69 bits per heavy atom. The zero-order valence-electron chi connectivity index (χ0n) is 18.7. The molecule has 0 atom stereocenters. The van der Waals surface area contributed by atoms with Crippen molar-refractivity contribution in [2.75, 3.05) is 17.7 Å². The third kappa shape index (κ3) is 4.64. The highest BCUT2D eigenvalue weighted by molar-refractivity contribution is 6.34. The van der Waals surface area contributed by atoms with Crippen molar-refractivity contribution in [3.8, 4) is 11.1 Å². The van der Waals surface area contributed by atoms with Gasteiger partial charge < -0.3 is 20.8 Å². The largest absolute Gasteiger partial charge is 0.462 e. The molecule has 0 aliphatic rings. The molecule has 0 aliphatic heterocycles. The number of amides is 3. The fourth-order valence-corrected chi connectivity index (χ4v) is 4.11. The molecule has 2 heterocycles. The minimum absolute atomic E-state index is 0.0539. The lowest BCUT2D eigenvalue weighted by Crippen LogP contribution is -2.38. The van der Waals surface area contributed by atoms with Gasteiger partial charge in [-0.1, -0.05) is 53.5 Å². The van der Waals surface area contributed by atoms with Crippen LogP contribution in [-0.2, 0) is 4.74 Å². The van der Waals surface area contributed by atoms with E-state index in [-0.39, 0.29) is 34.4 Å². The molecule has 0 spiro atoms. The van der Waals surface area contributed by atoms with E-state index in [1.54, 1.807) is 61.5 Å². The van der Waals surface area contributed by atoms with E-state index in [4.69, 9.17) is 33.7 Å². The van der Waals surface area contributed by atoms with Crippen molar-refractivity contribution in [1.82, 2.24) is 14.7 Å².